The first-order valence-electron chi connectivity index (χ1n) is 11.4. The Balaban J connectivity index is 1.60. The first-order chi connectivity index (χ1) is 16.3. The van der Waals surface area contributed by atoms with Crippen molar-refractivity contribution in [1.29, 1.82) is 5.41 Å². The lowest BCUT2D eigenvalue weighted by Gasteiger charge is -2.36. The minimum Gasteiger partial charge on any atom is -0.487 e. The lowest BCUT2D eigenvalue weighted by atomic mass is 10.0. The molecule has 0 aromatic heterocycles. The van der Waals surface area contributed by atoms with E-state index in [1.807, 2.05) is 26.0 Å². The SMILES string of the molecule is CNC(=O)CN1CCN(c2cc3c(cc2NC(=O)/C(C=N)=C2\N=CC=CN2)CC(C)(C)O3)CC1. The van der Waals surface area contributed by atoms with E-state index in [4.69, 9.17) is 10.1 Å². The van der Waals surface area contributed by atoms with Gasteiger partial charge in [0.15, 0.2) is 0 Å². The zero-order valence-corrected chi connectivity index (χ0v) is 19.8. The standard InChI is InChI=1S/C24H31N7O3/c1-24(2)13-16-11-18(29-23(33)17(14-25)22-27-5-4-6-28-22)19(12-20(16)34-24)31-9-7-30(8-10-31)15-21(32)26-3/h4-6,11-12,14,25,27H,7-10,13,15H2,1-3H3,(H,26,32)(H,29,33)/b22-17-,25-14?. The molecule has 0 radical (unpaired) electrons. The van der Waals surface area contributed by atoms with Gasteiger partial charge in [-0.2, -0.15) is 0 Å². The molecule has 0 spiro atoms. The van der Waals surface area contributed by atoms with Gasteiger partial charge in [-0.15, -0.1) is 0 Å². The molecule has 1 saturated heterocycles. The van der Waals surface area contributed by atoms with Crippen LogP contribution in [0.4, 0.5) is 11.4 Å². The molecule has 2 amide bonds. The number of likely N-dealkylation sites (N-methyl/N-ethyl adjacent to an activating group) is 1. The Morgan fingerprint density at radius 2 is 2.03 bits per heavy atom. The van der Waals surface area contributed by atoms with Crippen LogP contribution in [0, 0.1) is 5.41 Å². The highest BCUT2D eigenvalue weighted by Gasteiger charge is 2.32. The van der Waals surface area contributed by atoms with Crippen LogP contribution in [0.2, 0.25) is 0 Å². The minimum atomic E-state index is -0.414. The number of amides is 2. The van der Waals surface area contributed by atoms with Crippen LogP contribution in [0.15, 0.2) is 40.8 Å². The number of benzene rings is 1. The fraction of sp³-hybridized carbons (Fsp3) is 0.417. The molecule has 1 aromatic rings. The highest BCUT2D eigenvalue weighted by Crippen LogP contribution is 2.42. The summed E-state index contributed by atoms with van der Waals surface area (Å²) in [6.45, 7) is 7.32. The zero-order valence-electron chi connectivity index (χ0n) is 19.8. The molecule has 0 bridgehead atoms. The van der Waals surface area contributed by atoms with Gasteiger partial charge in [0.2, 0.25) is 5.91 Å². The Hall–Kier alpha value is -3.66. The number of rotatable bonds is 6. The lowest BCUT2D eigenvalue weighted by Crippen LogP contribution is -2.49. The van der Waals surface area contributed by atoms with Crippen molar-refractivity contribution in [3.8, 4) is 5.75 Å². The average Bonchev–Trinajstić information content (AvgIpc) is 3.13. The number of anilines is 2. The van der Waals surface area contributed by atoms with Crippen molar-refractivity contribution in [3.05, 3.63) is 41.4 Å². The number of nitrogens with one attached hydrogen (secondary N) is 4. The molecule has 4 N–H and O–H groups in total. The van der Waals surface area contributed by atoms with Crippen molar-refractivity contribution in [2.75, 3.05) is 50.0 Å². The van der Waals surface area contributed by atoms with Crippen LogP contribution < -0.4 is 25.6 Å². The Labute approximate surface area is 199 Å². The lowest BCUT2D eigenvalue weighted by molar-refractivity contribution is -0.121. The second kappa shape index (κ2) is 9.68. The summed E-state index contributed by atoms with van der Waals surface area (Å²) < 4.78 is 6.15. The van der Waals surface area contributed by atoms with Crippen LogP contribution in [0.1, 0.15) is 19.4 Å². The molecule has 0 saturated carbocycles. The van der Waals surface area contributed by atoms with Gasteiger partial charge in [-0.3, -0.25) is 14.5 Å². The Bertz CT molecular complexity index is 1080. The second-order valence-corrected chi connectivity index (χ2v) is 9.09. The molecule has 10 heteroatoms. The largest absolute Gasteiger partial charge is 0.487 e. The molecule has 0 unspecified atom stereocenters. The number of aliphatic imine (C=N–C) groups is 1. The van der Waals surface area contributed by atoms with Crippen molar-refractivity contribution < 1.29 is 14.3 Å². The summed E-state index contributed by atoms with van der Waals surface area (Å²) in [5, 5.41) is 16.3. The third kappa shape index (κ3) is 5.12. The molecule has 10 nitrogen and oxygen atoms in total. The Morgan fingerprint density at radius 3 is 2.68 bits per heavy atom. The summed E-state index contributed by atoms with van der Waals surface area (Å²) in [6, 6.07) is 3.96. The van der Waals surface area contributed by atoms with Crippen LogP contribution in [0.25, 0.3) is 0 Å². The topological polar surface area (TPSA) is 122 Å². The quantitative estimate of drug-likeness (QED) is 0.371. The first-order valence-corrected chi connectivity index (χ1v) is 11.4. The number of carbonyl (C=O) groups excluding carboxylic acids is 2. The van der Waals surface area contributed by atoms with Gasteiger partial charge < -0.3 is 31.0 Å². The molecular weight excluding hydrogens is 434 g/mol. The predicted molar refractivity (Wildman–Crippen MR) is 133 cm³/mol. The summed E-state index contributed by atoms with van der Waals surface area (Å²) in [7, 11) is 1.64. The summed E-state index contributed by atoms with van der Waals surface area (Å²) >= 11 is 0. The summed E-state index contributed by atoms with van der Waals surface area (Å²) in [6.07, 6.45) is 6.69. The number of fused-ring (bicyclic) bond motifs is 1. The van der Waals surface area contributed by atoms with Gasteiger partial charge in [0.25, 0.3) is 5.91 Å². The molecule has 3 aliphatic heterocycles. The summed E-state index contributed by atoms with van der Waals surface area (Å²) in [5.41, 5.74) is 2.38. The van der Waals surface area contributed by atoms with Gasteiger partial charge in [-0.05, 0) is 26.0 Å². The normalized spacial score (nSPS) is 20.1. The Morgan fingerprint density at radius 1 is 1.26 bits per heavy atom. The van der Waals surface area contributed by atoms with E-state index in [0.29, 0.717) is 31.1 Å². The van der Waals surface area contributed by atoms with Crippen LogP contribution in [-0.2, 0) is 16.0 Å². The molecule has 0 aliphatic carbocycles. The van der Waals surface area contributed by atoms with Gasteiger partial charge in [0, 0.05) is 69.9 Å². The highest BCUT2D eigenvalue weighted by atomic mass is 16.5. The molecule has 1 aromatic carbocycles. The maximum absolute atomic E-state index is 13.2. The third-order valence-electron chi connectivity index (χ3n) is 6.04. The molecule has 4 rings (SSSR count). The second-order valence-electron chi connectivity index (χ2n) is 9.09. The van der Waals surface area contributed by atoms with Crippen molar-refractivity contribution >= 4 is 35.6 Å². The van der Waals surface area contributed by atoms with Crippen molar-refractivity contribution in [2.24, 2.45) is 4.99 Å². The van der Waals surface area contributed by atoms with Crippen molar-refractivity contribution in [3.63, 3.8) is 0 Å². The average molecular weight is 466 g/mol. The molecule has 3 aliphatic rings. The molecule has 34 heavy (non-hydrogen) atoms. The molecule has 0 atom stereocenters. The van der Waals surface area contributed by atoms with Crippen LogP contribution in [0.3, 0.4) is 0 Å². The monoisotopic (exact) mass is 465 g/mol. The van der Waals surface area contributed by atoms with Gasteiger partial charge in [0.1, 0.15) is 17.2 Å². The van der Waals surface area contributed by atoms with Gasteiger partial charge in [-0.25, -0.2) is 4.99 Å². The van der Waals surface area contributed by atoms with Crippen molar-refractivity contribution in [1.82, 2.24) is 15.5 Å². The summed E-state index contributed by atoms with van der Waals surface area (Å²) in [5.74, 6) is 0.725. The number of carbonyl (C=O) groups is 2. The van der Waals surface area contributed by atoms with Gasteiger partial charge in [-0.1, -0.05) is 0 Å². The number of piperazine rings is 1. The highest BCUT2D eigenvalue weighted by molar-refractivity contribution is 6.18. The van der Waals surface area contributed by atoms with E-state index in [-0.39, 0.29) is 17.1 Å². The first kappa shape index (κ1) is 23.5. The molecular formula is C24H31N7O3. The van der Waals surface area contributed by atoms with E-state index in [0.717, 1.165) is 42.7 Å². The maximum atomic E-state index is 13.2. The maximum Gasteiger partial charge on any atom is 0.261 e. The molecule has 1 fully saturated rings. The minimum absolute atomic E-state index is 0.00407. The smallest absolute Gasteiger partial charge is 0.261 e. The Kier molecular flexibility index (Phi) is 6.69. The van der Waals surface area contributed by atoms with E-state index in [1.54, 1.807) is 25.5 Å². The fourth-order valence-corrected chi connectivity index (χ4v) is 4.33. The fourth-order valence-electron chi connectivity index (χ4n) is 4.33. The van der Waals surface area contributed by atoms with E-state index in [2.05, 4.69) is 30.7 Å². The van der Waals surface area contributed by atoms with Crippen LogP contribution in [0.5, 0.6) is 5.75 Å². The van der Waals surface area contributed by atoms with E-state index in [9.17, 15) is 9.59 Å². The molecule has 180 valence electrons. The van der Waals surface area contributed by atoms with Crippen molar-refractivity contribution in [2.45, 2.75) is 25.9 Å². The summed E-state index contributed by atoms with van der Waals surface area (Å²) in [4.78, 5) is 33.4. The predicted octanol–water partition coefficient (Wildman–Crippen LogP) is 1.26. The van der Waals surface area contributed by atoms with E-state index >= 15 is 0 Å². The number of nitrogens with zero attached hydrogens (tertiary/aromatic N) is 3. The van der Waals surface area contributed by atoms with Crippen LogP contribution >= 0.6 is 0 Å². The zero-order chi connectivity index (χ0) is 24.3. The molecule has 3 heterocycles. The van der Waals surface area contributed by atoms with Gasteiger partial charge >= 0.3 is 0 Å². The number of hydrogen-bond donors (Lipinski definition) is 4. The number of allylic oxidation sites excluding steroid dienone is 1. The number of ether oxygens (including phenoxy) is 1. The third-order valence-corrected chi connectivity index (χ3v) is 6.04. The van der Waals surface area contributed by atoms with E-state index in [1.165, 1.54) is 0 Å². The van der Waals surface area contributed by atoms with E-state index < -0.39 is 5.91 Å². The van der Waals surface area contributed by atoms with Crippen LogP contribution in [-0.4, -0.2) is 74.5 Å². The number of hydrogen-bond acceptors (Lipinski definition) is 8. The van der Waals surface area contributed by atoms with Gasteiger partial charge in [0.05, 0.1) is 23.5 Å².